The molecular formula is C15H22N2O. The fourth-order valence-corrected chi connectivity index (χ4v) is 2.88. The van der Waals surface area contributed by atoms with Gasteiger partial charge in [0.15, 0.2) is 0 Å². The standard InChI is InChI=1S/C15H22N2O/c1-10-6-4-8-12(16)13(10)17-14(18)11-7-5-9-15(11,2)3/h4,6,8,11H,5,7,9,16H2,1-3H3,(H,17,18). The van der Waals surface area contributed by atoms with E-state index in [1.165, 1.54) is 0 Å². The highest BCUT2D eigenvalue weighted by atomic mass is 16.1. The summed E-state index contributed by atoms with van der Waals surface area (Å²) >= 11 is 0. The van der Waals surface area contributed by atoms with Crippen LogP contribution in [0.5, 0.6) is 0 Å². The molecule has 1 aromatic carbocycles. The van der Waals surface area contributed by atoms with Crippen LogP contribution in [0.1, 0.15) is 38.7 Å². The van der Waals surface area contributed by atoms with Gasteiger partial charge in [0.25, 0.3) is 0 Å². The Morgan fingerprint density at radius 1 is 1.44 bits per heavy atom. The summed E-state index contributed by atoms with van der Waals surface area (Å²) in [6, 6.07) is 5.69. The van der Waals surface area contributed by atoms with E-state index < -0.39 is 0 Å². The van der Waals surface area contributed by atoms with E-state index in [1.54, 1.807) is 0 Å². The average molecular weight is 246 g/mol. The lowest BCUT2D eigenvalue weighted by atomic mass is 9.81. The molecule has 18 heavy (non-hydrogen) atoms. The van der Waals surface area contributed by atoms with Gasteiger partial charge >= 0.3 is 0 Å². The summed E-state index contributed by atoms with van der Waals surface area (Å²) in [5.41, 5.74) is 8.44. The van der Waals surface area contributed by atoms with Crippen molar-refractivity contribution < 1.29 is 4.79 Å². The fraction of sp³-hybridized carbons (Fsp3) is 0.533. The Labute approximate surface area is 109 Å². The largest absolute Gasteiger partial charge is 0.397 e. The van der Waals surface area contributed by atoms with Crippen molar-refractivity contribution in [2.24, 2.45) is 11.3 Å². The van der Waals surface area contributed by atoms with Crippen molar-refractivity contribution in [2.45, 2.75) is 40.0 Å². The van der Waals surface area contributed by atoms with Crippen molar-refractivity contribution in [1.82, 2.24) is 0 Å². The number of nitrogens with two attached hydrogens (primary N) is 1. The van der Waals surface area contributed by atoms with Gasteiger partial charge in [-0.3, -0.25) is 4.79 Å². The van der Waals surface area contributed by atoms with Crippen molar-refractivity contribution in [3.63, 3.8) is 0 Å². The molecule has 1 fully saturated rings. The molecule has 1 unspecified atom stereocenters. The Hall–Kier alpha value is -1.51. The summed E-state index contributed by atoms with van der Waals surface area (Å²) in [5, 5.41) is 3.01. The topological polar surface area (TPSA) is 55.1 Å². The maximum Gasteiger partial charge on any atom is 0.228 e. The van der Waals surface area contributed by atoms with E-state index in [0.29, 0.717) is 5.69 Å². The van der Waals surface area contributed by atoms with E-state index in [1.807, 2.05) is 25.1 Å². The number of aryl methyl sites for hydroxylation is 1. The Balaban J connectivity index is 2.17. The van der Waals surface area contributed by atoms with Gasteiger partial charge in [0.05, 0.1) is 11.4 Å². The van der Waals surface area contributed by atoms with Crippen LogP contribution in [0.3, 0.4) is 0 Å². The van der Waals surface area contributed by atoms with Gasteiger partial charge in [0, 0.05) is 5.92 Å². The molecule has 0 aliphatic heterocycles. The van der Waals surface area contributed by atoms with Gasteiger partial charge in [-0.2, -0.15) is 0 Å². The molecule has 1 atom stereocenters. The molecule has 3 nitrogen and oxygen atoms in total. The Morgan fingerprint density at radius 3 is 2.72 bits per heavy atom. The van der Waals surface area contributed by atoms with Crippen molar-refractivity contribution >= 4 is 17.3 Å². The second-order valence-corrected chi connectivity index (χ2v) is 5.96. The van der Waals surface area contributed by atoms with Gasteiger partial charge in [-0.1, -0.05) is 32.4 Å². The maximum absolute atomic E-state index is 12.4. The lowest BCUT2D eigenvalue weighted by Crippen LogP contribution is -2.31. The van der Waals surface area contributed by atoms with Gasteiger partial charge in [-0.05, 0) is 36.8 Å². The smallest absolute Gasteiger partial charge is 0.228 e. The van der Waals surface area contributed by atoms with Crippen LogP contribution in [-0.4, -0.2) is 5.91 Å². The van der Waals surface area contributed by atoms with Crippen LogP contribution >= 0.6 is 0 Å². The number of amides is 1. The molecule has 0 saturated heterocycles. The summed E-state index contributed by atoms with van der Waals surface area (Å²) in [5.74, 6) is 0.204. The van der Waals surface area contributed by atoms with Crippen LogP contribution in [0.2, 0.25) is 0 Å². The van der Waals surface area contributed by atoms with Crippen LogP contribution in [-0.2, 0) is 4.79 Å². The van der Waals surface area contributed by atoms with E-state index in [2.05, 4.69) is 19.2 Å². The van der Waals surface area contributed by atoms with Gasteiger partial charge in [-0.15, -0.1) is 0 Å². The second-order valence-electron chi connectivity index (χ2n) is 5.96. The third kappa shape index (κ3) is 2.35. The molecule has 0 bridgehead atoms. The highest BCUT2D eigenvalue weighted by Gasteiger charge is 2.39. The van der Waals surface area contributed by atoms with Crippen molar-refractivity contribution in [2.75, 3.05) is 11.1 Å². The third-order valence-corrected chi connectivity index (χ3v) is 4.13. The molecule has 1 saturated carbocycles. The molecule has 98 valence electrons. The minimum absolute atomic E-state index is 0.0940. The zero-order chi connectivity index (χ0) is 13.3. The van der Waals surface area contributed by atoms with Gasteiger partial charge in [0.1, 0.15) is 0 Å². The molecule has 1 aromatic rings. The number of nitrogens with one attached hydrogen (secondary N) is 1. The molecule has 0 radical (unpaired) electrons. The van der Waals surface area contributed by atoms with E-state index in [0.717, 1.165) is 30.5 Å². The third-order valence-electron chi connectivity index (χ3n) is 4.13. The van der Waals surface area contributed by atoms with Crippen LogP contribution in [0.4, 0.5) is 11.4 Å². The van der Waals surface area contributed by atoms with E-state index in [-0.39, 0.29) is 17.2 Å². The SMILES string of the molecule is Cc1cccc(N)c1NC(=O)C1CCCC1(C)C. The number of hydrogen-bond donors (Lipinski definition) is 2. The molecule has 1 aliphatic carbocycles. The molecule has 0 aromatic heterocycles. The average Bonchev–Trinajstić information content (AvgIpc) is 2.63. The predicted octanol–water partition coefficient (Wildman–Crippen LogP) is 3.34. The highest BCUT2D eigenvalue weighted by Crippen LogP contribution is 2.43. The Bertz CT molecular complexity index is 445. The zero-order valence-corrected chi connectivity index (χ0v) is 11.4. The number of carbonyl (C=O) groups excluding carboxylic acids is 1. The number of benzene rings is 1. The van der Waals surface area contributed by atoms with Gasteiger partial charge < -0.3 is 11.1 Å². The molecular weight excluding hydrogens is 224 g/mol. The molecule has 3 N–H and O–H groups in total. The van der Waals surface area contributed by atoms with Crippen LogP contribution in [0, 0.1) is 18.3 Å². The Kier molecular flexibility index (Phi) is 3.33. The van der Waals surface area contributed by atoms with E-state index in [4.69, 9.17) is 5.73 Å². The molecule has 2 rings (SSSR count). The van der Waals surface area contributed by atoms with Crippen molar-refractivity contribution in [1.29, 1.82) is 0 Å². The zero-order valence-electron chi connectivity index (χ0n) is 11.4. The summed E-state index contributed by atoms with van der Waals surface area (Å²) in [4.78, 5) is 12.4. The molecule has 1 aliphatic rings. The van der Waals surface area contributed by atoms with Gasteiger partial charge in [0.2, 0.25) is 5.91 Å². The van der Waals surface area contributed by atoms with Crippen LogP contribution in [0.15, 0.2) is 18.2 Å². The van der Waals surface area contributed by atoms with Crippen molar-refractivity contribution in [3.8, 4) is 0 Å². The lowest BCUT2D eigenvalue weighted by Gasteiger charge is -2.26. The number of para-hydroxylation sites is 1. The first-order chi connectivity index (χ1) is 8.42. The fourth-order valence-electron chi connectivity index (χ4n) is 2.88. The normalized spacial score (nSPS) is 21.8. The number of anilines is 2. The van der Waals surface area contributed by atoms with Crippen LogP contribution < -0.4 is 11.1 Å². The predicted molar refractivity (Wildman–Crippen MR) is 75.3 cm³/mol. The molecule has 0 spiro atoms. The molecule has 3 heteroatoms. The first kappa shape index (κ1) is 12.9. The quantitative estimate of drug-likeness (QED) is 0.786. The monoisotopic (exact) mass is 246 g/mol. The van der Waals surface area contributed by atoms with Gasteiger partial charge in [-0.25, -0.2) is 0 Å². The summed E-state index contributed by atoms with van der Waals surface area (Å²) < 4.78 is 0. The first-order valence-electron chi connectivity index (χ1n) is 6.58. The molecule has 0 heterocycles. The second kappa shape index (κ2) is 4.63. The number of nitrogen functional groups attached to an aromatic ring is 1. The summed E-state index contributed by atoms with van der Waals surface area (Å²) in [6.45, 7) is 6.31. The number of carbonyl (C=O) groups is 1. The lowest BCUT2D eigenvalue weighted by molar-refractivity contribution is -0.122. The molecule has 1 amide bonds. The highest BCUT2D eigenvalue weighted by molar-refractivity contribution is 5.96. The first-order valence-corrected chi connectivity index (χ1v) is 6.58. The van der Waals surface area contributed by atoms with E-state index >= 15 is 0 Å². The Morgan fingerprint density at radius 2 is 2.17 bits per heavy atom. The number of rotatable bonds is 2. The summed E-state index contributed by atoms with van der Waals surface area (Å²) in [6.07, 6.45) is 3.23. The van der Waals surface area contributed by atoms with Crippen LogP contribution in [0.25, 0.3) is 0 Å². The van der Waals surface area contributed by atoms with E-state index in [9.17, 15) is 4.79 Å². The maximum atomic E-state index is 12.4. The number of hydrogen-bond acceptors (Lipinski definition) is 2. The minimum atomic E-state index is 0.0940. The minimum Gasteiger partial charge on any atom is -0.397 e. The summed E-state index contributed by atoms with van der Waals surface area (Å²) in [7, 11) is 0. The van der Waals surface area contributed by atoms with Crippen molar-refractivity contribution in [3.05, 3.63) is 23.8 Å².